The molecule has 4 atom stereocenters. The first-order valence-corrected chi connectivity index (χ1v) is 7.67. The summed E-state index contributed by atoms with van der Waals surface area (Å²) in [6.45, 7) is 3.72. The highest BCUT2D eigenvalue weighted by Crippen LogP contribution is 2.49. The third kappa shape index (κ3) is 2.36. The highest BCUT2D eigenvalue weighted by atomic mass is 32.2. The van der Waals surface area contributed by atoms with E-state index in [9.17, 15) is 8.42 Å². The normalized spacial score (nSPS) is 37.1. The maximum absolute atomic E-state index is 11.5. The molecule has 0 saturated heterocycles. The van der Waals surface area contributed by atoms with Crippen LogP contribution in [0.15, 0.2) is 0 Å². The SMILES string of the molecule is CCS(=O)(=O)N[C@@H](C)[C@@H]1C[C@H]2CC[C@H]1C2. The van der Waals surface area contributed by atoms with Crippen LogP contribution in [-0.4, -0.2) is 20.2 Å². The molecule has 0 radical (unpaired) electrons. The first-order chi connectivity index (χ1) is 7.02. The van der Waals surface area contributed by atoms with Crippen LogP contribution in [0.25, 0.3) is 0 Å². The number of sulfonamides is 1. The summed E-state index contributed by atoms with van der Waals surface area (Å²) in [5.41, 5.74) is 0. The highest BCUT2D eigenvalue weighted by Gasteiger charge is 2.42. The van der Waals surface area contributed by atoms with E-state index in [1.54, 1.807) is 6.92 Å². The first kappa shape index (κ1) is 11.4. The molecule has 0 aliphatic heterocycles. The molecule has 0 aromatic carbocycles. The molecule has 15 heavy (non-hydrogen) atoms. The lowest BCUT2D eigenvalue weighted by Gasteiger charge is -2.28. The van der Waals surface area contributed by atoms with Crippen LogP contribution in [0.5, 0.6) is 0 Å². The van der Waals surface area contributed by atoms with E-state index < -0.39 is 10.0 Å². The van der Waals surface area contributed by atoms with Crippen molar-refractivity contribution >= 4 is 10.0 Å². The fraction of sp³-hybridized carbons (Fsp3) is 1.00. The molecular weight excluding hydrogens is 210 g/mol. The Labute approximate surface area is 92.7 Å². The standard InChI is InChI=1S/C11H21NO2S/c1-3-15(13,14)12-8(2)11-7-9-4-5-10(11)6-9/h8-12H,3-7H2,1-2H3/t8-,9-,10-,11-/m0/s1. The Hall–Kier alpha value is -0.0900. The maximum atomic E-state index is 11.5. The van der Waals surface area contributed by atoms with Gasteiger partial charge >= 0.3 is 0 Å². The van der Waals surface area contributed by atoms with Gasteiger partial charge in [0.05, 0.1) is 5.75 Å². The molecule has 2 fully saturated rings. The fourth-order valence-electron chi connectivity index (χ4n) is 3.36. The number of fused-ring (bicyclic) bond motifs is 2. The lowest BCUT2D eigenvalue weighted by molar-refractivity contribution is 0.280. The Morgan fingerprint density at radius 3 is 2.53 bits per heavy atom. The van der Waals surface area contributed by atoms with Gasteiger partial charge in [-0.15, -0.1) is 0 Å². The van der Waals surface area contributed by atoms with Crippen LogP contribution in [-0.2, 0) is 10.0 Å². The number of rotatable bonds is 4. The molecule has 2 saturated carbocycles. The Morgan fingerprint density at radius 1 is 1.33 bits per heavy atom. The second kappa shape index (κ2) is 4.06. The van der Waals surface area contributed by atoms with Crippen LogP contribution in [0.1, 0.15) is 39.5 Å². The van der Waals surface area contributed by atoms with Gasteiger partial charge in [0.15, 0.2) is 0 Å². The number of hydrogen-bond donors (Lipinski definition) is 1. The molecule has 2 aliphatic rings. The van der Waals surface area contributed by atoms with Gasteiger partial charge in [0.2, 0.25) is 10.0 Å². The lowest BCUT2D eigenvalue weighted by atomic mass is 9.84. The number of nitrogens with one attached hydrogen (secondary N) is 1. The van der Waals surface area contributed by atoms with E-state index in [0.29, 0.717) is 5.92 Å². The zero-order valence-electron chi connectivity index (χ0n) is 9.57. The topological polar surface area (TPSA) is 46.2 Å². The van der Waals surface area contributed by atoms with E-state index in [1.165, 1.54) is 25.7 Å². The van der Waals surface area contributed by atoms with E-state index in [-0.39, 0.29) is 11.8 Å². The third-order valence-corrected chi connectivity index (χ3v) is 5.67. The van der Waals surface area contributed by atoms with E-state index in [2.05, 4.69) is 4.72 Å². The summed E-state index contributed by atoms with van der Waals surface area (Å²) in [5.74, 6) is 2.45. The highest BCUT2D eigenvalue weighted by molar-refractivity contribution is 7.89. The van der Waals surface area contributed by atoms with Crippen LogP contribution < -0.4 is 4.72 Å². The summed E-state index contributed by atoms with van der Waals surface area (Å²) < 4.78 is 25.7. The van der Waals surface area contributed by atoms with Gasteiger partial charge < -0.3 is 0 Å². The van der Waals surface area contributed by atoms with Crippen LogP contribution in [0.3, 0.4) is 0 Å². The minimum absolute atomic E-state index is 0.130. The molecule has 2 bridgehead atoms. The Morgan fingerprint density at radius 2 is 2.07 bits per heavy atom. The summed E-state index contributed by atoms with van der Waals surface area (Å²) in [5, 5.41) is 0. The van der Waals surface area contributed by atoms with Gasteiger partial charge in [0.1, 0.15) is 0 Å². The van der Waals surface area contributed by atoms with Crippen molar-refractivity contribution < 1.29 is 8.42 Å². The predicted octanol–water partition coefficient (Wildman–Crippen LogP) is 1.75. The minimum Gasteiger partial charge on any atom is -0.212 e. The molecule has 0 aromatic rings. The lowest BCUT2D eigenvalue weighted by Crippen LogP contribution is -2.40. The summed E-state index contributed by atoms with van der Waals surface area (Å²) in [6.07, 6.45) is 5.25. The summed E-state index contributed by atoms with van der Waals surface area (Å²) in [6, 6.07) is 0.130. The van der Waals surface area contributed by atoms with Gasteiger partial charge in [-0.05, 0) is 50.9 Å². The number of hydrogen-bond acceptors (Lipinski definition) is 2. The van der Waals surface area contributed by atoms with Crippen LogP contribution in [0.2, 0.25) is 0 Å². The molecule has 0 aromatic heterocycles. The van der Waals surface area contributed by atoms with E-state index >= 15 is 0 Å². The van der Waals surface area contributed by atoms with Gasteiger partial charge in [-0.2, -0.15) is 0 Å². The average molecular weight is 231 g/mol. The smallest absolute Gasteiger partial charge is 0.211 e. The fourth-order valence-corrected chi connectivity index (χ4v) is 4.27. The summed E-state index contributed by atoms with van der Waals surface area (Å²) in [7, 11) is -3.02. The van der Waals surface area contributed by atoms with Crippen molar-refractivity contribution in [3.8, 4) is 0 Å². The summed E-state index contributed by atoms with van der Waals surface area (Å²) >= 11 is 0. The molecule has 0 amide bonds. The van der Waals surface area contributed by atoms with E-state index in [1.807, 2.05) is 6.92 Å². The first-order valence-electron chi connectivity index (χ1n) is 6.02. The Bertz CT molecular complexity index is 325. The van der Waals surface area contributed by atoms with Crippen molar-refractivity contribution in [1.82, 2.24) is 4.72 Å². The quantitative estimate of drug-likeness (QED) is 0.801. The molecule has 2 rings (SSSR count). The van der Waals surface area contributed by atoms with Crippen molar-refractivity contribution in [3.63, 3.8) is 0 Å². The third-order valence-electron chi connectivity index (χ3n) is 4.18. The molecule has 0 heterocycles. The molecule has 3 nitrogen and oxygen atoms in total. The molecule has 88 valence electrons. The predicted molar refractivity (Wildman–Crippen MR) is 61.0 cm³/mol. The van der Waals surface area contributed by atoms with Crippen molar-refractivity contribution in [2.24, 2.45) is 17.8 Å². The van der Waals surface area contributed by atoms with E-state index in [0.717, 1.165) is 11.8 Å². The maximum Gasteiger partial charge on any atom is 0.211 e. The molecule has 0 spiro atoms. The zero-order valence-corrected chi connectivity index (χ0v) is 10.4. The van der Waals surface area contributed by atoms with Gasteiger partial charge in [-0.25, -0.2) is 13.1 Å². The molecule has 2 aliphatic carbocycles. The van der Waals surface area contributed by atoms with Crippen LogP contribution in [0.4, 0.5) is 0 Å². The van der Waals surface area contributed by atoms with Gasteiger partial charge in [-0.1, -0.05) is 6.42 Å². The molecule has 4 heteroatoms. The van der Waals surface area contributed by atoms with Gasteiger partial charge in [-0.3, -0.25) is 0 Å². The zero-order chi connectivity index (χ0) is 11.1. The van der Waals surface area contributed by atoms with Crippen molar-refractivity contribution in [2.45, 2.75) is 45.6 Å². The van der Waals surface area contributed by atoms with Gasteiger partial charge in [0, 0.05) is 6.04 Å². The molecule has 1 N–H and O–H groups in total. The van der Waals surface area contributed by atoms with Crippen LogP contribution in [0, 0.1) is 17.8 Å². The van der Waals surface area contributed by atoms with Crippen molar-refractivity contribution in [2.75, 3.05) is 5.75 Å². The minimum atomic E-state index is -3.02. The van der Waals surface area contributed by atoms with Crippen molar-refractivity contribution in [1.29, 1.82) is 0 Å². The van der Waals surface area contributed by atoms with E-state index in [4.69, 9.17) is 0 Å². The average Bonchev–Trinajstić information content (AvgIpc) is 2.78. The summed E-state index contributed by atoms with van der Waals surface area (Å²) in [4.78, 5) is 0. The molecule has 0 unspecified atom stereocenters. The van der Waals surface area contributed by atoms with Crippen LogP contribution >= 0.6 is 0 Å². The van der Waals surface area contributed by atoms with Gasteiger partial charge in [0.25, 0.3) is 0 Å². The van der Waals surface area contributed by atoms with Crippen molar-refractivity contribution in [3.05, 3.63) is 0 Å². The second-order valence-corrected chi connectivity index (χ2v) is 7.19. The second-order valence-electron chi connectivity index (χ2n) is 5.15. The monoisotopic (exact) mass is 231 g/mol. The molecular formula is C11H21NO2S. The Kier molecular flexibility index (Phi) is 3.08. The Balaban J connectivity index is 1.95. The largest absolute Gasteiger partial charge is 0.212 e.